The van der Waals surface area contributed by atoms with Crippen molar-refractivity contribution < 1.29 is 4.39 Å². The van der Waals surface area contributed by atoms with Crippen LogP contribution in [-0.4, -0.2) is 6.04 Å². The fraction of sp³-hybridized carbons (Fsp3) is 0.600. The van der Waals surface area contributed by atoms with Gasteiger partial charge in [-0.15, -0.1) is 0 Å². The van der Waals surface area contributed by atoms with Crippen LogP contribution in [0.3, 0.4) is 0 Å². The third-order valence-corrected chi connectivity index (χ3v) is 4.80. The minimum absolute atomic E-state index is 0.110. The van der Waals surface area contributed by atoms with E-state index in [4.69, 9.17) is 5.84 Å². The summed E-state index contributed by atoms with van der Waals surface area (Å²) in [5.74, 6) is 7.93. The molecule has 2 aliphatic rings. The Morgan fingerprint density at radius 3 is 2.50 bits per heavy atom. The molecule has 1 aromatic rings. The summed E-state index contributed by atoms with van der Waals surface area (Å²) in [4.78, 5) is 0. The molecule has 0 heterocycles. The summed E-state index contributed by atoms with van der Waals surface area (Å²) in [5.41, 5.74) is 3.71. The molecule has 3 atom stereocenters. The van der Waals surface area contributed by atoms with Crippen LogP contribution in [0.1, 0.15) is 31.2 Å². The number of benzene rings is 1. The molecule has 3 heteroatoms. The molecule has 2 saturated carbocycles. The Morgan fingerprint density at radius 2 is 1.89 bits per heavy atom. The van der Waals surface area contributed by atoms with E-state index in [2.05, 4.69) is 5.43 Å². The lowest BCUT2D eigenvalue weighted by Crippen LogP contribution is -2.39. The predicted octanol–water partition coefficient (Wildman–Crippen LogP) is 2.64. The van der Waals surface area contributed by atoms with Gasteiger partial charge < -0.3 is 0 Å². The molecule has 0 radical (unpaired) electrons. The minimum atomic E-state index is -0.110. The third-order valence-electron chi connectivity index (χ3n) is 4.80. The van der Waals surface area contributed by atoms with Crippen LogP contribution in [0.2, 0.25) is 0 Å². The van der Waals surface area contributed by atoms with E-state index >= 15 is 0 Å². The SMILES string of the molecule is NNC(Cc1ccccc1F)C1C2CCCCC21. The number of hydrazine groups is 1. The van der Waals surface area contributed by atoms with Crippen molar-refractivity contribution in [3.63, 3.8) is 0 Å². The van der Waals surface area contributed by atoms with Gasteiger partial charge in [-0.2, -0.15) is 0 Å². The van der Waals surface area contributed by atoms with Crippen molar-refractivity contribution in [1.82, 2.24) is 5.43 Å². The summed E-state index contributed by atoms with van der Waals surface area (Å²) < 4.78 is 13.7. The van der Waals surface area contributed by atoms with Crippen molar-refractivity contribution in [2.45, 2.75) is 38.1 Å². The molecule has 98 valence electrons. The molecule has 0 spiro atoms. The number of nitrogens with two attached hydrogens (primary N) is 1. The van der Waals surface area contributed by atoms with E-state index in [1.165, 1.54) is 31.7 Å². The highest BCUT2D eigenvalue weighted by atomic mass is 19.1. The largest absolute Gasteiger partial charge is 0.271 e. The molecule has 0 aliphatic heterocycles. The molecule has 2 aliphatic carbocycles. The highest BCUT2D eigenvalue weighted by Crippen LogP contribution is 2.57. The highest BCUT2D eigenvalue weighted by Gasteiger charge is 2.53. The molecule has 3 unspecified atom stereocenters. The summed E-state index contributed by atoms with van der Waals surface area (Å²) in [6.45, 7) is 0. The van der Waals surface area contributed by atoms with Crippen LogP contribution in [-0.2, 0) is 6.42 Å². The Balaban J connectivity index is 1.69. The second-order valence-electron chi connectivity index (χ2n) is 5.76. The maximum Gasteiger partial charge on any atom is 0.126 e. The van der Waals surface area contributed by atoms with Gasteiger partial charge in [-0.1, -0.05) is 31.0 Å². The van der Waals surface area contributed by atoms with E-state index in [-0.39, 0.29) is 11.9 Å². The van der Waals surface area contributed by atoms with Gasteiger partial charge >= 0.3 is 0 Å². The number of fused-ring (bicyclic) bond motifs is 1. The lowest BCUT2D eigenvalue weighted by molar-refractivity contribution is 0.430. The van der Waals surface area contributed by atoms with Gasteiger partial charge in [-0.05, 0) is 48.6 Å². The molecule has 2 nitrogen and oxygen atoms in total. The lowest BCUT2D eigenvalue weighted by Gasteiger charge is -2.16. The van der Waals surface area contributed by atoms with Crippen molar-refractivity contribution in [3.05, 3.63) is 35.6 Å². The number of rotatable bonds is 4. The predicted molar refractivity (Wildman–Crippen MR) is 70.2 cm³/mol. The van der Waals surface area contributed by atoms with Gasteiger partial charge in [0.25, 0.3) is 0 Å². The van der Waals surface area contributed by atoms with E-state index in [1.807, 2.05) is 12.1 Å². The van der Waals surface area contributed by atoms with E-state index in [0.717, 1.165) is 17.4 Å². The van der Waals surface area contributed by atoms with Crippen molar-refractivity contribution >= 4 is 0 Å². The Morgan fingerprint density at radius 1 is 1.22 bits per heavy atom. The molecule has 1 aromatic carbocycles. The first-order valence-corrected chi connectivity index (χ1v) is 7.01. The standard InChI is InChI=1S/C15H21FN2/c16-13-8-4-1-5-10(13)9-14(18-17)15-11-6-2-3-7-12(11)15/h1,4-5,8,11-12,14-15,18H,2-3,6-7,9,17H2. The smallest absolute Gasteiger partial charge is 0.126 e. The van der Waals surface area contributed by atoms with Gasteiger partial charge in [-0.25, -0.2) is 4.39 Å². The topological polar surface area (TPSA) is 38.0 Å². The zero-order chi connectivity index (χ0) is 12.5. The molecule has 18 heavy (non-hydrogen) atoms. The van der Waals surface area contributed by atoms with Crippen LogP contribution in [0.4, 0.5) is 4.39 Å². The number of hydrogen-bond acceptors (Lipinski definition) is 2. The summed E-state index contributed by atoms with van der Waals surface area (Å²) in [6, 6.07) is 7.26. The summed E-state index contributed by atoms with van der Waals surface area (Å²) in [6.07, 6.45) is 6.10. The zero-order valence-corrected chi connectivity index (χ0v) is 10.6. The van der Waals surface area contributed by atoms with Crippen LogP contribution < -0.4 is 11.3 Å². The first-order chi connectivity index (χ1) is 8.81. The summed E-state index contributed by atoms with van der Waals surface area (Å²) in [5, 5.41) is 0. The van der Waals surface area contributed by atoms with Crippen LogP contribution in [0.25, 0.3) is 0 Å². The van der Waals surface area contributed by atoms with Gasteiger partial charge in [0.1, 0.15) is 5.82 Å². The molecule has 2 fully saturated rings. The number of halogens is 1. The maximum absolute atomic E-state index is 13.7. The van der Waals surface area contributed by atoms with Crippen LogP contribution in [0.15, 0.2) is 24.3 Å². The van der Waals surface area contributed by atoms with Crippen LogP contribution in [0.5, 0.6) is 0 Å². The molecular formula is C15H21FN2. The molecule has 3 rings (SSSR count). The molecule has 0 aromatic heterocycles. The average Bonchev–Trinajstić information content (AvgIpc) is 3.12. The van der Waals surface area contributed by atoms with E-state index < -0.39 is 0 Å². The molecule has 3 N–H and O–H groups in total. The number of hydrogen-bond donors (Lipinski definition) is 2. The summed E-state index contributed by atoms with van der Waals surface area (Å²) in [7, 11) is 0. The van der Waals surface area contributed by atoms with Gasteiger partial charge in [0.05, 0.1) is 0 Å². The molecule has 0 bridgehead atoms. The number of nitrogens with one attached hydrogen (secondary N) is 1. The van der Waals surface area contributed by atoms with Gasteiger partial charge in [-0.3, -0.25) is 11.3 Å². The van der Waals surface area contributed by atoms with Crippen molar-refractivity contribution in [1.29, 1.82) is 0 Å². The van der Waals surface area contributed by atoms with Crippen LogP contribution in [0, 0.1) is 23.6 Å². The fourth-order valence-electron chi connectivity index (χ4n) is 3.85. The molecular weight excluding hydrogens is 227 g/mol. The second-order valence-corrected chi connectivity index (χ2v) is 5.76. The minimum Gasteiger partial charge on any atom is -0.271 e. The van der Waals surface area contributed by atoms with Gasteiger partial charge in [0.15, 0.2) is 0 Å². The van der Waals surface area contributed by atoms with Crippen molar-refractivity contribution in [2.75, 3.05) is 0 Å². The van der Waals surface area contributed by atoms with E-state index in [9.17, 15) is 4.39 Å². The maximum atomic E-state index is 13.7. The van der Waals surface area contributed by atoms with E-state index in [1.54, 1.807) is 6.07 Å². The van der Waals surface area contributed by atoms with Crippen molar-refractivity contribution in [2.24, 2.45) is 23.6 Å². The normalized spacial score (nSPS) is 31.8. The Hall–Kier alpha value is -0.930. The second kappa shape index (κ2) is 4.98. The van der Waals surface area contributed by atoms with E-state index in [0.29, 0.717) is 12.3 Å². The van der Waals surface area contributed by atoms with Gasteiger partial charge in [0.2, 0.25) is 0 Å². The Kier molecular flexibility index (Phi) is 3.35. The zero-order valence-electron chi connectivity index (χ0n) is 10.6. The quantitative estimate of drug-likeness (QED) is 0.635. The fourth-order valence-corrected chi connectivity index (χ4v) is 3.85. The first kappa shape index (κ1) is 12.1. The lowest BCUT2D eigenvalue weighted by atomic mass is 10.00. The van der Waals surface area contributed by atoms with Gasteiger partial charge in [0, 0.05) is 6.04 Å². The Bertz CT molecular complexity index is 409. The molecule has 0 amide bonds. The molecule has 0 saturated heterocycles. The summed E-state index contributed by atoms with van der Waals surface area (Å²) >= 11 is 0. The highest BCUT2D eigenvalue weighted by molar-refractivity contribution is 5.20. The third kappa shape index (κ3) is 2.17. The average molecular weight is 248 g/mol. The first-order valence-electron chi connectivity index (χ1n) is 7.01. The Labute approximate surface area is 108 Å². The van der Waals surface area contributed by atoms with Crippen LogP contribution >= 0.6 is 0 Å². The van der Waals surface area contributed by atoms with Crippen molar-refractivity contribution in [3.8, 4) is 0 Å². The monoisotopic (exact) mass is 248 g/mol.